The summed E-state index contributed by atoms with van der Waals surface area (Å²) in [5.41, 5.74) is 0.724. The van der Waals surface area contributed by atoms with Crippen LogP contribution in [0.2, 0.25) is 0 Å². The van der Waals surface area contributed by atoms with Gasteiger partial charge in [-0.1, -0.05) is 26.0 Å². The number of aliphatic hydroxyl groups is 1. The van der Waals surface area contributed by atoms with Gasteiger partial charge in [-0.15, -0.1) is 0 Å². The van der Waals surface area contributed by atoms with Gasteiger partial charge in [0.25, 0.3) is 0 Å². The molecule has 1 aromatic rings. The third-order valence-electron chi connectivity index (χ3n) is 3.83. The highest BCUT2D eigenvalue weighted by atomic mass is 19.1. The maximum absolute atomic E-state index is 13.3. The normalized spacial score (nSPS) is 20.1. The van der Waals surface area contributed by atoms with Gasteiger partial charge in [0.15, 0.2) is 0 Å². The summed E-state index contributed by atoms with van der Waals surface area (Å²) in [7, 11) is 0. The number of ether oxygens (including phenoxy) is 1. The molecule has 3 heteroatoms. The van der Waals surface area contributed by atoms with Crippen LogP contribution in [0.4, 0.5) is 4.39 Å². The topological polar surface area (TPSA) is 29.5 Å². The zero-order valence-corrected chi connectivity index (χ0v) is 10.3. The van der Waals surface area contributed by atoms with Crippen molar-refractivity contribution in [1.29, 1.82) is 0 Å². The minimum atomic E-state index is -0.228. The van der Waals surface area contributed by atoms with Crippen LogP contribution in [-0.2, 0) is 10.2 Å². The fourth-order valence-corrected chi connectivity index (χ4v) is 2.74. The van der Waals surface area contributed by atoms with Crippen molar-refractivity contribution in [3.63, 3.8) is 0 Å². The first-order chi connectivity index (χ1) is 8.10. The van der Waals surface area contributed by atoms with Gasteiger partial charge in [-0.05, 0) is 29.5 Å². The molecular weight excluding hydrogens is 219 g/mol. The highest BCUT2D eigenvalue weighted by molar-refractivity contribution is 5.30. The first-order valence-corrected chi connectivity index (χ1v) is 6.05. The zero-order valence-electron chi connectivity index (χ0n) is 10.3. The van der Waals surface area contributed by atoms with Crippen LogP contribution in [0, 0.1) is 17.7 Å². The number of aliphatic hydroxyl groups excluding tert-OH is 1. The molecule has 1 fully saturated rings. The largest absolute Gasteiger partial charge is 0.396 e. The average molecular weight is 238 g/mol. The first kappa shape index (κ1) is 12.5. The second-order valence-corrected chi connectivity index (χ2v) is 5.19. The Bertz CT molecular complexity index is 386. The van der Waals surface area contributed by atoms with Gasteiger partial charge in [0.2, 0.25) is 0 Å². The number of hydrogen-bond donors (Lipinski definition) is 1. The summed E-state index contributed by atoms with van der Waals surface area (Å²) in [5.74, 6) is 0.222. The van der Waals surface area contributed by atoms with Crippen LogP contribution in [0.5, 0.6) is 0 Å². The van der Waals surface area contributed by atoms with Crippen molar-refractivity contribution in [2.45, 2.75) is 19.3 Å². The van der Waals surface area contributed by atoms with Crippen molar-refractivity contribution in [2.75, 3.05) is 19.8 Å². The Labute approximate surface area is 101 Å². The monoisotopic (exact) mass is 238 g/mol. The molecule has 1 saturated heterocycles. The van der Waals surface area contributed by atoms with Crippen LogP contribution in [0.1, 0.15) is 19.4 Å². The Morgan fingerprint density at radius 3 is 2.53 bits per heavy atom. The summed E-state index contributed by atoms with van der Waals surface area (Å²) < 4.78 is 18.7. The molecule has 1 N–H and O–H groups in total. The molecule has 0 amide bonds. The van der Waals surface area contributed by atoms with Crippen molar-refractivity contribution >= 4 is 0 Å². The van der Waals surface area contributed by atoms with Crippen molar-refractivity contribution in [3.05, 3.63) is 35.6 Å². The Balaban J connectivity index is 2.37. The van der Waals surface area contributed by atoms with Gasteiger partial charge in [-0.25, -0.2) is 4.39 Å². The van der Waals surface area contributed by atoms with E-state index in [1.165, 1.54) is 6.07 Å². The highest BCUT2D eigenvalue weighted by Gasteiger charge is 2.47. The molecule has 17 heavy (non-hydrogen) atoms. The van der Waals surface area contributed by atoms with E-state index in [1.807, 2.05) is 6.07 Å². The quantitative estimate of drug-likeness (QED) is 0.872. The zero-order chi connectivity index (χ0) is 12.5. The molecule has 1 atom stereocenters. The van der Waals surface area contributed by atoms with E-state index >= 15 is 0 Å². The molecule has 0 aliphatic carbocycles. The summed E-state index contributed by atoms with van der Waals surface area (Å²) >= 11 is 0. The van der Waals surface area contributed by atoms with Crippen LogP contribution >= 0.6 is 0 Å². The molecule has 1 aromatic carbocycles. The van der Waals surface area contributed by atoms with Gasteiger partial charge in [0.05, 0.1) is 13.2 Å². The first-order valence-electron chi connectivity index (χ1n) is 6.05. The summed E-state index contributed by atoms with van der Waals surface area (Å²) in [6.45, 7) is 5.41. The SMILES string of the molecule is CC(C)C(CO)C1(c2cccc(F)c2)COC1. The van der Waals surface area contributed by atoms with Crippen molar-refractivity contribution in [3.8, 4) is 0 Å². The molecule has 0 bridgehead atoms. The summed E-state index contributed by atoms with van der Waals surface area (Å²) in [6, 6.07) is 6.66. The minimum Gasteiger partial charge on any atom is -0.396 e. The smallest absolute Gasteiger partial charge is 0.123 e. The maximum Gasteiger partial charge on any atom is 0.123 e. The maximum atomic E-state index is 13.3. The summed E-state index contributed by atoms with van der Waals surface area (Å²) in [4.78, 5) is 0. The second-order valence-electron chi connectivity index (χ2n) is 5.19. The Hall–Kier alpha value is -0.930. The molecule has 0 aromatic heterocycles. The predicted octanol–water partition coefficient (Wildman–Crippen LogP) is 2.36. The van der Waals surface area contributed by atoms with Crippen molar-refractivity contribution < 1.29 is 14.2 Å². The molecule has 2 rings (SSSR count). The Morgan fingerprint density at radius 1 is 1.41 bits per heavy atom. The molecule has 0 spiro atoms. The lowest BCUT2D eigenvalue weighted by Gasteiger charge is -2.48. The third kappa shape index (κ3) is 2.09. The molecule has 1 heterocycles. The fourth-order valence-electron chi connectivity index (χ4n) is 2.74. The average Bonchev–Trinajstić information content (AvgIpc) is 2.22. The Morgan fingerprint density at radius 2 is 2.12 bits per heavy atom. The molecule has 1 aliphatic rings. The number of halogens is 1. The standard InChI is InChI=1S/C14H19FO2/c1-10(2)13(7-16)14(8-17-9-14)11-4-3-5-12(15)6-11/h3-6,10,13,16H,7-9H2,1-2H3. The summed E-state index contributed by atoms with van der Waals surface area (Å²) in [5, 5.41) is 9.58. The van der Waals surface area contributed by atoms with Gasteiger partial charge < -0.3 is 9.84 Å². The number of benzene rings is 1. The van der Waals surface area contributed by atoms with E-state index in [9.17, 15) is 9.50 Å². The van der Waals surface area contributed by atoms with E-state index < -0.39 is 0 Å². The fraction of sp³-hybridized carbons (Fsp3) is 0.571. The molecule has 1 aliphatic heterocycles. The summed E-state index contributed by atoms with van der Waals surface area (Å²) in [6.07, 6.45) is 0. The van der Waals surface area contributed by atoms with E-state index in [1.54, 1.807) is 12.1 Å². The van der Waals surface area contributed by atoms with Crippen molar-refractivity contribution in [2.24, 2.45) is 11.8 Å². The number of hydrogen-bond acceptors (Lipinski definition) is 2. The molecule has 94 valence electrons. The molecule has 0 saturated carbocycles. The van der Waals surface area contributed by atoms with E-state index in [0.29, 0.717) is 19.1 Å². The lowest BCUT2D eigenvalue weighted by atomic mass is 9.65. The van der Waals surface area contributed by atoms with Crippen LogP contribution in [0.15, 0.2) is 24.3 Å². The van der Waals surface area contributed by atoms with Gasteiger partial charge in [0, 0.05) is 12.0 Å². The molecule has 2 nitrogen and oxygen atoms in total. The van der Waals surface area contributed by atoms with E-state index in [4.69, 9.17) is 4.74 Å². The van der Waals surface area contributed by atoms with Crippen LogP contribution in [0.3, 0.4) is 0 Å². The lowest BCUT2D eigenvalue weighted by molar-refractivity contribution is -0.111. The van der Waals surface area contributed by atoms with E-state index in [2.05, 4.69) is 13.8 Å². The highest BCUT2D eigenvalue weighted by Crippen LogP contribution is 2.42. The molecule has 0 radical (unpaired) electrons. The van der Waals surface area contributed by atoms with Crippen molar-refractivity contribution in [1.82, 2.24) is 0 Å². The lowest BCUT2D eigenvalue weighted by Crippen LogP contribution is -2.55. The van der Waals surface area contributed by atoms with E-state index in [0.717, 1.165) is 5.56 Å². The van der Waals surface area contributed by atoms with Gasteiger partial charge in [0.1, 0.15) is 5.82 Å². The van der Waals surface area contributed by atoms with Crippen LogP contribution < -0.4 is 0 Å². The second kappa shape index (κ2) is 4.75. The third-order valence-corrected chi connectivity index (χ3v) is 3.83. The predicted molar refractivity (Wildman–Crippen MR) is 64.3 cm³/mol. The Kier molecular flexibility index (Phi) is 3.50. The van der Waals surface area contributed by atoms with Crippen LogP contribution in [-0.4, -0.2) is 24.9 Å². The molecular formula is C14H19FO2. The van der Waals surface area contributed by atoms with Gasteiger partial charge in [-0.3, -0.25) is 0 Å². The minimum absolute atomic E-state index is 0.109. The number of rotatable bonds is 4. The van der Waals surface area contributed by atoms with Crippen LogP contribution in [0.25, 0.3) is 0 Å². The van der Waals surface area contributed by atoms with Gasteiger partial charge in [-0.2, -0.15) is 0 Å². The molecule has 1 unspecified atom stereocenters. The van der Waals surface area contributed by atoms with Gasteiger partial charge >= 0.3 is 0 Å². The van der Waals surface area contributed by atoms with E-state index in [-0.39, 0.29) is 23.8 Å².